The number of carbonyl (C=O) groups excluding carboxylic acids is 1. The van der Waals surface area contributed by atoms with Crippen molar-refractivity contribution in [3.05, 3.63) is 44.6 Å². The number of benzene rings is 1. The summed E-state index contributed by atoms with van der Waals surface area (Å²) in [5.74, 6) is 6.68. The minimum atomic E-state index is -3.72. The molecule has 3 aromatic rings. The van der Waals surface area contributed by atoms with Crippen LogP contribution in [-0.4, -0.2) is 39.3 Å². The first kappa shape index (κ1) is 21.9. The van der Waals surface area contributed by atoms with Gasteiger partial charge in [-0.1, -0.05) is 11.8 Å². The van der Waals surface area contributed by atoms with Crippen LogP contribution in [0.5, 0.6) is 0 Å². The lowest BCUT2D eigenvalue weighted by molar-refractivity contribution is -0.123. The lowest BCUT2D eigenvalue weighted by atomic mass is 9.95. The zero-order valence-corrected chi connectivity index (χ0v) is 20.3. The summed E-state index contributed by atoms with van der Waals surface area (Å²) in [6.07, 6.45) is 5.23. The van der Waals surface area contributed by atoms with Crippen molar-refractivity contribution in [3.8, 4) is 11.8 Å². The predicted octanol–water partition coefficient (Wildman–Crippen LogP) is 1.06. The monoisotopic (exact) mass is 493 g/mol. The molecule has 7 rings (SSSR count). The van der Waals surface area contributed by atoms with E-state index in [4.69, 9.17) is 0 Å². The maximum Gasteiger partial charge on any atom is 0.333 e. The first-order chi connectivity index (χ1) is 16.5. The van der Waals surface area contributed by atoms with Gasteiger partial charge in [0.2, 0.25) is 20.9 Å². The van der Waals surface area contributed by atoms with Gasteiger partial charge in [0.05, 0.1) is 23.3 Å². The Morgan fingerprint density at radius 2 is 1.77 bits per heavy atom. The number of rotatable bonds is 4. The molecule has 0 spiro atoms. The standard InChI is InChI=1S/C24H23N5O5S/c1-26-18-19(25-22(26)35(3,33)34)28(23(32)27(2)20(18)30)10-4-5-14-11-16-13-17(12-14)29(16)21(31)24(8-9-24)15-6-7-15/h11-13,15H,6-10H2,1-3H3. The summed E-state index contributed by atoms with van der Waals surface area (Å²) >= 11 is 0. The highest BCUT2D eigenvalue weighted by atomic mass is 32.2. The number of imidazole rings is 1. The van der Waals surface area contributed by atoms with E-state index in [1.54, 1.807) is 4.90 Å². The molecule has 2 aromatic heterocycles. The van der Waals surface area contributed by atoms with E-state index < -0.39 is 21.1 Å². The van der Waals surface area contributed by atoms with E-state index in [-0.39, 0.29) is 34.2 Å². The van der Waals surface area contributed by atoms with E-state index >= 15 is 0 Å². The predicted molar refractivity (Wildman–Crippen MR) is 128 cm³/mol. The lowest BCUT2D eigenvalue weighted by Gasteiger charge is -2.35. The van der Waals surface area contributed by atoms with Gasteiger partial charge in [0.25, 0.3) is 5.56 Å². The Labute approximate surface area is 200 Å². The van der Waals surface area contributed by atoms with Crippen molar-refractivity contribution in [3.63, 3.8) is 0 Å². The van der Waals surface area contributed by atoms with Crippen LogP contribution in [0.15, 0.2) is 32.9 Å². The third-order valence-electron chi connectivity index (χ3n) is 7.31. The fourth-order valence-corrected chi connectivity index (χ4v) is 5.98. The van der Waals surface area contributed by atoms with Gasteiger partial charge in [-0.2, -0.15) is 4.98 Å². The summed E-state index contributed by atoms with van der Waals surface area (Å²) in [6.45, 7) is -0.0866. The number of sulfone groups is 1. The third kappa shape index (κ3) is 3.13. The number of carbonyl (C=O) groups is 1. The number of fused-ring (bicyclic) bond motifs is 3. The zero-order valence-electron chi connectivity index (χ0n) is 19.5. The number of aromatic nitrogens is 4. The van der Waals surface area contributed by atoms with Crippen LogP contribution in [0.2, 0.25) is 0 Å². The summed E-state index contributed by atoms with van der Waals surface area (Å²) in [7, 11) is -0.963. The topological polar surface area (TPSA) is 116 Å². The van der Waals surface area contributed by atoms with E-state index in [2.05, 4.69) is 16.8 Å². The summed E-state index contributed by atoms with van der Waals surface area (Å²) < 4.78 is 27.5. The molecule has 35 heavy (non-hydrogen) atoms. The molecule has 0 atom stereocenters. The van der Waals surface area contributed by atoms with Crippen LogP contribution in [0, 0.1) is 23.2 Å². The molecule has 4 heterocycles. The van der Waals surface area contributed by atoms with Gasteiger partial charge < -0.3 is 4.57 Å². The second-order valence-electron chi connectivity index (χ2n) is 9.74. The Morgan fingerprint density at radius 1 is 1.11 bits per heavy atom. The van der Waals surface area contributed by atoms with E-state index in [0.717, 1.165) is 47.9 Å². The van der Waals surface area contributed by atoms with E-state index in [1.807, 2.05) is 18.2 Å². The number of aryl methyl sites for hydroxylation is 1. The SMILES string of the molecule is Cn1c(=O)c2c(nc(S(C)(=O)=O)n2C)n(CC#Cc2cc3cc(c2)N3C(=O)C2(C3CC3)CC2)c1=O. The Hall–Kier alpha value is -3.65. The van der Waals surface area contributed by atoms with Crippen LogP contribution >= 0.6 is 0 Å². The van der Waals surface area contributed by atoms with Crippen molar-refractivity contribution in [2.24, 2.45) is 25.4 Å². The van der Waals surface area contributed by atoms with Gasteiger partial charge in [-0.25, -0.2) is 13.2 Å². The summed E-state index contributed by atoms with van der Waals surface area (Å²) in [5, 5.41) is -0.298. The zero-order chi connectivity index (χ0) is 24.9. The quantitative estimate of drug-likeness (QED) is 0.502. The van der Waals surface area contributed by atoms with Crippen molar-refractivity contribution >= 4 is 38.3 Å². The van der Waals surface area contributed by atoms with Gasteiger partial charge in [0, 0.05) is 25.9 Å². The van der Waals surface area contributed by atoms with E-state index in [9.17, 15) is 22.8 Å². The smallest absolute Gasteiger partial charge is 0.312 e. The molecule has 0 radical (unpaired) electrons. The van der Waals surface area contributed by atoms with Crippen LogP contribution in [0.25, 0.3) is 11.2 Å². The molecular formula is C24H23N5O5S. The van der Waals surface area contributed by atoms with Gasteiger partial charge >= 0.3 is 5.69 Å². The molecule has 0 N–H and O–H groups in total. The highest BCUT2D eigenvalue weighted by Crippen LogP contribution is 2.63. The van der Waals surface area contributed by atoms with Crippen LogP contribution < -0.4 is 16.1 Å². The second-order valence-corrected chi connectivity index (χ2v) is 11.7. The molecule has 2 fully saturated rings. The van der Waals surface area contributed by atoms with Gasteiger partial charge in [0.1, 0.15) is 0 Å². The first-order valence-electron chi connectivity index (χ1n) is 11.4. The van der Waals surface area contributed by atoms with E-state index in [0.29, 0.717) is 11.5 Å². The van der Waals surface area contributed by atoms with Crippen LogP contribution in [-0.2, 0) is 35.3 Å². The maximum absolute atomic E-state index is 13.1. The molecular weight excluding hydrogens is 470 g/mol. The molecule has 11 heteroatoms. The Kier molecular flexibility index (Phi) is 4.34. The molecule has 0 saturated heterocycles. The second kappa shape index (κ2) is 6.95. The third-order valence-corrected chi connectivity index (χ3v) is 8.34. The number of hydrogen-bond donors (Lipinski definition) is 0. The van der Waals surface area contributed by atoms with Gasteiger partial charge in [-0.05, 0) is 49.8 Å². The minimum absolute atomic E-state index is 0.0125. The first-order valence-corrected chi connectivity index (χ1v) is 13.3. The number of nitrogens with zero attached hydrogens (tertiary/aromatic N) is 5. The largest absolute Gasteiger partial charge is 0.333 e. The van der Waals surface area contributed by atoms with Crippen molar-refractivity contribution in [1.29, 1.82) is 0 Å². The van der Waals surface area contributed by atoms with Gasteiger partial charge in [0.15, 0.2) is 11.2 Å². The normalized spacial score (nSPS) is 17.6. The van der Waals surface area contributed by atoms with Crippen molar-refractivity contribution in [1.82, 2.24) is 18.7 Å². The molecule has 10 nitrogen and oxygen atoms in total. The van der Waals surface area contributed by atoms with Crippen LogP contribution in [0.4, 0.5) is 11.4 Å². The highest BCUT2D eigenvalue weighted by Gasteiger charge is 2.61. The fourth-order valence-electron chi connectivity index (χ4n) is 5.14. The Bertz CT molecular complexity index is 1740. The summed E-state index contributed by atoms with van der Waals surface area (Å²) in [6, 6.07) is 5.65. The maximum atomic E-state index is 13.1. The average Bonchev–Trinajstić information content (AvgIpc) is 3.70. The molecule has 180 valence electrons. The fraction of sp³-hybridized carbons (Fsp3) is 0.417. The molecule has 1 aromatic carbocycles. The molecule has 1 amide bonds. The molecule has 2 aliphatic carbocycles. The molecule has 0 unspecified atom stereocenters. The van der Waals surface area contributed by atoms with Crippen molar-refractivity contribution in [2.45, 2.75) is 37.4 Å². The number of amides is 1. The van der Waals surface area contributed by atoms with Crippen molar-refractivity contribution in [2.75, 3.05) is 11.2 Å². The van der Waals surface area contributed by atoms with E-state index in [1.165, 1.54) is 23.2 Å². The van der Waals surface area contributed by atoms with Gasteiger partial charge in [-0.15, -0.1) is 0 Å². The summed E-state index contributed by atoms with van der Waals surface area (Å²) in [5.41, 5.74) is 0.935. The lowest BCUT2D eigenvalue weighted by Crippen LogP contribution is -2.38. The minimum Gasteiger partial charge on any atom is -0.312 e. The summed E-state index contributed by atoms with van der Waals surface area (Å²) in [4.78, 5) is 44.4. The number of hydrogen-bond acceptors (Lipinski definition) is 6. The van der Waals surface area contributed by atoms with Crippen LogP contribution in [0.3, 0.4) is 0 Å². The van der Waals surface area contributed by atoms with Crippen molar-refractivity contribution < 1.29 is 13.2 Å². The molecule has 2 saturated carbocycles. The van der Waals surface area contributed by atoms with Crippen LogP contribution in [0.1, 0.15) is 31.2 Å². The highest BCUT2D eigenvalue weighted by molar-refractivity contribution is 7.90. The molecule has 4 aliphatic rings. The molecule has 2 bridgehead atoms. The Morgan fingerprint density at radius 3 is 2.34 bits per heavy atom. The Balaban J connectivity index is 1.31. The number of anilines is 2. The molecule has 2 aliphatic heterocycles. The van der Waals surface area contributed by atoms with Gasteiger partial charge in [-0.3, -0.25) is 23.6 Å². The average molecular weight is 494 g/mol.